The summed E-state index contributed by atoms with van der Waals surface area (Å²) in [6.07, 6.45) is 0. The molecule has 2 aliphatic rings. The van der Waals surface area contributed by atoms with E-state index in [4.69, 9.17) is 4.42 Å². The van der Waals surface area contributed by atoms with Gasteiger partial charge >= 0.3 is 0 Å². The first-order chi connectivity index (χ1) is 21.8. The highest BCUT2D eigenvalue weighted by atomic mass is 16.3. The van der Waals surface area contributed by atoms with E-state index >= 15 is 0 Å². The number of para-hydroxylation sites is 3. The van der Waals surface area contributed by atoms with Crippen LogP contribution in [0.2, 0.25) is 0 Å². The molecular formula is C42H25NO. The van der Waals surface area contributed by atoms with Gasteiger partial charge in [0.05, 0.1) is 5.69 Å². The Balaban J connectivity index is 1.29. The van der Waals surface area contributed by atoms with Gasteiger partial charge in [-0.05, 0) is 92.0 Å². The minimum atomic E-state index is 0.887. The minimum absolute atomic E-state index is 0.887. The van der Waals surface area contributed by atoms with Crippen molar-refractivity contribution in [1.82, 2.24) is 0 Å². The highest BCUT2D eigenvalue weighted by molar-refractivity contribution is 6.15. The summed E-state index contributed by atoms with van der Waals surface area (Å²) in [6, 6.07) is 54.8. The first kappa shape index (κ1) is 23.7. The lowest BCUT2D eigenvalue weighted by molar-refractivity contribution is 0.669. The van der Waals surface area contributed by atoms with E-state index in [1.54, 1.807) is 0 Å². The molecule has 7 aromatic carbocycles. The van der Waals surface area contributed by atoms with Crippen LogP contribution >= 0.6 is 0 Å². The third-order valence-corrected chi connectivity index (χ3v) is 9.37. The third kappa shape index (κ3) is 3.14. The smallest absolute Gasteiger partial charge is 0.159 e. The topological polar surface area (TPSA) is 16.4 Å². The first-order valence-electron chi connectivity index (χ1n) is 15.1. The van der Waals surface area contributed by atoms with Crippen LogP contribution < -0.4 is 4.90 Å². The highest BCUT2D eigenvalue weighted by Gasteiger charge is 2.31. The second-order valence-electron chi connectivity index (χ2n) is 11.7. The maximum Gasteiger partial charge on any atom is 0.159 e. The van der Waals surface area contributed by atoms with Crippen molar-refractivity contribution >= 4 is 39.0 Å². The molecule has 0 saturated heterocycles. The van der Waals surface area contributed by atoms with E-state index in [1.165, 1.54) is 55.6 Å². The fourth-order valence-electron chi connectivity index (χ4n) is 7.54. The fraction of sp³-hybridized carbons (Fsp3) is 0. The number of furan rings is 1. The maximum absolute atomic E-state index is 6.57. The molecule has 0 fully saturated rings. The summed E-state index contributed by atoms with van der Waals surface area (Å²) < 4.78 is 6.57. The summed E-state index contributed by atoms with van der Waals surface area (Å²) in [7, 11) is 0. The van der Waals surface area contributed by atoms with Crippen molar-refractivity contribution in [2.24, 2.45) is 0 Å². The van der Waals surface area contributed by atoms with E-state index in [-0.39, 0.29) is 0 Å². The molecule has 10 rings (SSSR count). The van der Waals surface area contributed by atoms with Crippen molar-refractivity contribution in [3.8, 4) is 55.6 Å². The van der Waals surface area contributed by atoms with Crippen LogP contribution in [0.15, 0.2) is 156 Å². The van der Waals surface area contributed by atoms with Crippen LogP contribution in [0.5, 0.6) is 0 Å². The lowest BCUT2D eigenvalue weighted by atomic mass is 9.83. The van der Waals surface area contributed by atoms with Crippen molar-refractivity contribution in [2.75, 3.05) is 4.90 Å². The number of fused-ring (bicyclic) bond motifs is 7. The van der Waals surface area contributed by atoms with E-state index in [0.29, 0.717) is 0 Å². The minimum Gasteiger partial charge on any atom is -0.454 e. The van der Waals surface area contributed by atoms with Crippen molar-refractivity contribution in [2.45, 2.75) is 0 Å². The molecule has 0 atom stereocenters. The van der Waals surface area contributed by atoms with Crippen LogP contribution in [0.3, 0.4) is 0 Å². The van der Waals surface area contributed by atoms with Crippen LogP contribution in [0.25, 0.3) is 77.6 Å². The van der Waals surface area contributed by atoms with Gasteiger partial charge in [-0.2, -0.15) is 0 Å². The van der Waals surface area contributed by atoms with Crippen LogP contribution in [0, 0.1) is 0 Å². The second kappa shape index (κ2) is 8.82. The molecule has 2 aliphatic carbocycles. The molecule has 0 saturated carbocycles. The van der Waals surface area contributed by atoms with E-state index in [1.807, 2.05) is 6.07 Å². The number of hydrogen-bond acceptors (Lipinski definition) is 2. The van der Waals surface area contributed by atoms with Gasteiger partial charge in [-0.3, -0.25) is 0 Å². The van der Waals surface area contributed by atoms with Crippen LogP contribution in [-0.2, 0) is 0 Å². The molecule has 0 spiro atoms. The summed E-state index contributed by atoms with van der Waals surface area (Å²) >= 11 is 0. The van der Waals surface area contributed by atoms with Crippen molar-refractivity contribution in [1.29, 1.82) is 0 Å². The van der Waals surface area contributed by atoms with Gasteiger partial charge in [0.15, 0.2) is 5.58 Å². The largest absolute Gasteiger partial charge is 0.454 e. The standard InChI is InChI=1S/C42H25NO/c1-2-11-26(12-3-1)43(38-21-10-20-36-30-14-6-7-22-39(30)44-42(36)38)27-23-24-29-33-17-9-18-34-35-19-8-16-32(41(35)37(29)25-27)28-13-4-5-15-31(28)40(33)34/h1-25H. The third-order valence-electron chi connectivity index (χ3n) is 9.37. The van der Waals surface area contributed by atoms with E-state index < -0.39 is 0 Å². The summed E-state index contributed by atoms with van der Waals surface area (Å²) in [5.41, 5.74) is 17.9. The molecule has 2 nitrogen and oxygen atoms in total. The Kier molecular flexibility index (Phi) is 4.75. The monoisotopic (exact) mass is 559 g/mol. The summed E-state index contributed by atoms with van der Waals surface area (Å²) in [6.45, 7) is 0. The number of nitrogens with zero attached hydrogens (tertiary/aromatic N) is 1. The number of benzene rings is 7. The molecule has 0 amide bonds. The average Bonchev–Trinajstić information content (AvgIpc) is 3.42. The van der Waals surface area contributed by atoms with E-state index in [9.17, 15) is 0 Å². The van der Waals surface area contributed by atoms with Crippen molar-refractivity contribution in [3.05, 3.63) is 152 Å². The maximum atomic E-state index is 6.57. The molecule has 44 heavy (non-hydrogen) atoms. The van der Waals surface area contributed by atoms with Crippen molar-refractivity contribution < 1.29 is 4.42 Å². The average molecular weight is 560 g/mol. The molecule has 0 unspecified atom stereocenters. The molecule has 1 aromatic heterocycles. The van der Waals surface area contributed by atoms with Crippen LogP contribution in [0.4, 0.5) is 17.1 Å². The first-order valence-corrected chi connectivity index (χ1v) is 15.1. The predicted molar refractivity (Wildman–Crippen MR) is 183 cm³/mol. The molecule has 2 heteroatoms. The van der Waals surface area contributed by atoms with Crippen LogP contribution in [0.1, 0.15) is 0 Å². The van der Waals surface area contributed by atoms with Crippen molar-refractivity contribution in [3.63, 3.8) is 0 Å². The zero-order valence-corrected chi connectivity index (χ0v) is 23.8. The molecule has 8 aromatic rings. The lowest BCUT2D eigenvalue weighted by Crippen LogP contribution is -2.10. The highest BCUT2D eigenvalue weighted by Crippen LogP contribution is 2.57. The Morgan fingerprint density at radius 3 is 1.73 bits per heavy atom. The summed E-state index contributed by atoms with van der Waals surface area (Å²) in [5, 5.41) is 2.25. The van der Waals surface area contributed by atoms with Gasteiger partial charge in [0.1, 0.15) is 5.58 Å². The molecule has 1 heterocycles. The Morgan fingerprint density at radius 1 is 0.364 bits per heavy atom. The SMILES string of the molecule is c1ccc(N(c2ccc3c(c2)-c2c4cccc2-c2cccc-3c2-c2ccccc2-4)c2cccc3c2oc2ccccc23)cc1. The number of hydrogen-bond donors (Lipinski definition) is 0. The Hall–Kier alpha value is -5.86. The number of anilines is 3. The van der Waals surface area contributed by atoms with Gasteiger partial charge in [-0.1, -0.05) is 115 Å². The van der Waals surface area contributed by atoms with Gasteiger partial charge in [-0.15, -0.1) is 0 Å². The molecule has 0 aliphatic heterocycles. The van der Waals surface area contributed by atoms with Gasteiger partial charge in [0.25, 0.3) is 0 Å². The van der Waals surface area contributed by atoms with Crippen LogP contribution in [-0.4, -0.2) is 0 Å². The Morgan fingerprint density at radius 2 is 0.932 bits per heavy atom. The Bertz CT molecular complexity index is 2430. The second-order valence-corrected chi connectivity index (χ2v) is 11.7. The van der Waals surface area contributed by atoms with Gasteiger partial charge in [0.2, 0.25) is 0 Å². The molecule has 0 N–H and O–H groups in total. The molecule has 6 bridgehead atoms. The summed E-state index contributed by atoms with van der Waals surface area (Å²) in [5.74, 6) is 0. The van der Waals surface area contributed by atoms with E-state index in [2.05, 4.69) is 150 Å². The lowest BCUT2D eigenvalue weighted by Gasteiger charge is -2.27. The summed E-state index contributed by atoms with van der Waals surface area (Å²) in [4.78, 5) is 2.34. The fourth-order valence-corrected chi connectivity index (χ4v) is 7.54. The zero-order valence-electron chi connectivity index (χ0n) is 23.8. The van der Waals surface area contributed by atoms with Gasteiger partial charge < -0.3 is 9.32 Å². The quantitative estimate of drug-likeness (QED) is 0.214. The van der Waals surface area contributed by atoms with E-state index in [0.717, 1.165) is 39.0 Å². The van der Waals surface area contributed by atoms with Gasteiger partial charge in [-0.25, -0.2) is 0 Å². The number of rotatable bonds is 3. The molecule has 204 valence electrons. The Labute approximate surface area is 255 Å². The molecular weight excluding hydrogens is 534 g/mol. The van der Waals surface area contributed by atoms with Gasteiger partial charge in [0, 0.05) is 22.1 Å². The molecule has 0 radical (unpaired) electrons. The predicted octanol–water partition coefficient (Wildman–Crippen LogP) is 12.0. The normalized spacial score (nSPS) is 12.1. The zero-order chi connectivity index (χ0) is 28.8.